The van der Waals surface area contributed by atoms with Gasteiger partial charge in [0, 0.05) is 19.6 Å². The van der Waals surface area contributed by atoms with Crippen molar-refractivity contribution in [2.45, 2.75) is 32.7 Å². The number of likely N-dealkylation sites (tertiary alicyclic amines) is 1. The molecule has 0 bridgehead atoms. The van der Waals surface area contributed by atoms with Crippen LogP contribution in [-0.2, 0) is 17.8 Å². The van der Waals surface area contributed by atoms with Crippen molar-refractivity contribution < 1.29 is 4.79 Å². The van der Waals surface area contributed by atoms with Crippen LogP contribution >= 0.6 is 0 Å². The first-order chi connectivity index (χ1) is 14.7. The molecule has 3 aromatic carbocycles. The molecular formula is C26H27N3O. The van der Waals surface area contributed by atoms with Gasteiger partial charge in [0.25, 0.3) is 0 Å². The zero-order valence-electron chi connectivity index (χ0n) is 17.4. The van der Waals surface area contributed by atoms with E-state index in [1.54, 1.807) is 0 Å². The molecule has 1 aromatic heterocycles. The molecule has 4 heteroatoms. The number of amides is 1. The molecular weight excluding hydrogens is 370 g/mol. The van der Waals surface area contributed by atoms with Gasteiger partial charge in [0.1, 0.15) is 5.82 Å². The number of piperidine rings is 1. The summed E-state index contributed by atoms with van der Waals surface area (Å²) in [6, 6.07) is 22.9. The number of hydrogen-bond acceptors (Lipinski definition) is 2. The second-order valence-corrected chi connectivity index (χ2v) is 8.40. The van der Waals surface area contributed by atoms with Gasteiger partial charge in [-0.05, 0) is 54.2 Å². The van der Waals surface area contributed by atoms with Crippen molar-refractivity contribution in [3.63, 3.8) is 0 Å². The summed E-state index contributed by atoms with van der Waals surface area (Å²) in [6.45, 7) is 4.76. The number of fused-ring (bicyclic) bond motifs is 2. The third kappa shape index (κ3) is 3.58. The molecule has 4 aromatic rings. The Hall–Kier alpha value is -3.14. The average Bonchev–Trinajstić information content (AvgIpc) is 3.09. The van der Waals surface area contributed by atoms with Crippen LogP contribution in [0.1, 0.15) is 24.2 Å². The molecule has 152 valence electrons. The second kappa shape index (κ2) is 7.94. The number of hydrogen-bond donors (Lipinski definition) is 0. The summed E-state index contributed by atoms with van der Waals surface area (Å²) in [4.78, 5) is 19.7. The molecule has 0 N–H and O–H groups in total. The van der Waals surface area contributed by atoms with Gasteiger partial charge >= 0.3 is 0 Å². The summed E-state index contributed by atoms with van der Waals surface area (Å²) >= 11 is 0. The van der Waals surface area contributed by atoms with Crippen LogP contribution in [0.5, 0.6) is 0 Å². The summed E-state index contributed by atoms with van der Waals surface area (Å²) in [5, 5.41) is 2.38. The Morgan fingerprint density at radius 1 is 0.967 bits per heavy atom. The molecule has 30 heavy (non-hydrogen) atoms. The number of benzene rings is 3. The predicted molar refractivity (Wildman–Crippen MR) is 121 cm³/mol. The lowest BCUT2D eigenvalue weighted by atomic mass is 9.95. The zero-order chi connectivity index (χ0) is 20.5. The fraction of sp³-hybridized carbons (Fsp3) is 0.308. The molecule has 4 nitrogen and oxygen atoms in total. The van der Waals surface area contributed by atoms with Gasteiger partial charge in [-0.3, -0.25) is 4.79 Å². The SMILES string of the molecule is Cc1nc2ccccc2n1CC1CCN(C(=O)Cc2cccc3ccccc23)CC1. The first-order valence-corrected chi connectivity index (χ1v) is 10.9. The van der Waals surface area contributed by atoms with E-state index in [-0.39, 0.29) is 5.91 Å². The fourth-order valence-electron chi connectivity index (χ4n) is 4.77. The van der Waals surface area contributed by atoms with Crippen molar-refractivity contribution >= 4 is 27.7 Å². The molecule has 0 radical (unpaired) electrons. The molecule has 2 heterocycles. The van der Waals surface area contributed by atoms with E-state index >= 15 is 0 Å². The van der Waals surface area contributed by atoms with Crippen LogP contribution < -0.4 is 0 Å². The van der Waals surface area contributed by atoms with Crippen LogP contribution in [0.15, 0.2) is 66.7 Å². The molecule has 1 saturated heterocycles. The summed E-state index contributed by atoms with van der Waals surface area (Å²) in [7, 11) is 0. The maximum Gasteiger partial charge on any atom is 0.227 e. The minimum Gasteiger partial charge on any atom is -0.342 e. The van der Waals surface area contributed by atoms with Crippen molar-refractivity contribution in [1.82, 2.24) is 14.5 Å². The monoisotopic (exact) mass is 397 g/mol. The number of carbonyl (C=O) groups is 1. The van der Waals surface area contributed by atoms with E-state index in [1.165, 1.54) is 16.3 Å². The molecule has 0 aliphatic carbocycles. The average molecular weight is 398 g/mol. The van der Waals surface area contributed by atoms with Crippen molar-refractivity contribution in [2.24, 2.45) is 5.92 Å². The molecule has 5 rings (SSSR count). The van der Waals surface area contributed by atoms with E-state index in [0.717, 1.165) is 49.4 Å². The third-order valence-corrected chi connectivity index (χ3v) is 6.48. The minimum absolute atomic E-state index is 0.245. The molecule has 1 fully saturated rings. The quantitative estimate of drug-likeness (QED) is 0.487. The van der Waals surface area contributed by atoms with Gasteiger partial charge in [-0.25, -0.2) is 4.98 Å². The van der Waals surface area contributed by atoms with Crippen molar-refractivity contribution in [2.75, 3.05) is 13.1 Å². The molecule has 0 atom stereocenters. The Kier molecular flexibility index (Phi) is 4.99. The van der Waals surface area contributed by atoms with E-state index in [1.807, 2.05) is 18.2 Å². The lowest BCUT2D eigenvalue weighted by Gasteiger charge is -2.32. The first kappa shape index (κ1) is 18.9. The maximum absolute atomic E-state index is 13.0. The Morgan fingerprint density at radius 2 is 1.70 bits per heavy atom. The summed E-state index contributed by atoms with van der Waals surface area (Å²) in [5.41, 5.74) is 3.41. The molecule has 0 unspecified atom stereocenters. The predicted octanol–water partition coefficient (Wildman–Crippen LogP) is 4.98. The number of carbonyl (C=O) groups excluding carboxylic acids is 1. The Labute approximate surface area is 177 Å². The normalized spacial score (nSPS) is 15.2. The van der Waals surface area contributed by atoms with Crippen LogP contribution in [0.3, 0.4) is 0 Å². The van der Waals surface area contributed by atoms with E-state index in [2.05, 4.69) is 64.9 Å². The van der Waals surface area contributed by atoms with Crippen LogP contribution in [0.4, 0.5) is 0 Å². The number of nitrogens with zero attached hydrogens (tertiary/aromatic N) is 3. The van der Waals surface area contributed by atoms with Gasteiger partial charge in [0.2, 0.25) is 5.91 Å². The van der Waals surface area contributed by atoms with Crippen LogP contribution in [0.25, 0.3) is 21.8 Å². The van der Waals surface area contributed by atoms with Crippen LogP contribution in [0, 0.1) is 12.8 Å². The number of rotatable bonds is 4. The lowest BCUT2D eigenvalue weighted by molar-refractivity contribution is -0.131. The molecule has 0 saturated carbocycles. The van der Waals surface area contributed by atoms with E-state index in [0.29, 0.717) is 12.3 Å². The van der Waals surface area contributed by atoms with Gasteiger partial charge in [0.05, 0.1) is 17.5 Å². The minimum atomic E-state index is 0.245. The molecule has 1 amide bonds. The second-order valence-electron chi connectivity index (χ2n) is 8.40. The van der Waals surface area contributed by atoms with Gasteiger partial charge in [-0.15, -0.1) is 0 Å². The van der Waals surface area contributed by atoms with E-state index < -0.39 is 0 Å². The zero-order valence-corrected chi connectivity index (χ0v) is 17.4. The summed E-state index contributed by atoms with van der Waals surface area (Å²) in [5.74, 6) is 1.91. The number of para-hydroxylation sites is 2. The highest BCUT2D eigenvalue weighted by molar-refractivity contribution is 5.90. The number of aromatic nitrogens is 2. The van der Waals surface area contributed by atoms with E-state index in [9.17, 15) is 4.79 Å². The highest BCUT2D eigenvalue weighted by Gasteiger charge is 2.24. The van der Waals surface area contributed by atoms with Crippen molar-refractivity contribution in [1.29, 1.82) is 0 Å². The van der Waals surface area contributed by atoms with Gasteiger partial charge in [-0.2, -0.15) is 0 Å². The van der Waals surface area contributed by atoms with Gasteiger partial charge in [-0.1, -0.05) is 54.6 Å². The molecule has 1 aliphatic rings. The summed E-state index contributed by atoms with van der Waals surface area (Å²) < 4.78 is 2.34. The highest BCUT2D eigenvalue weighted by atomic mass is 16.2. The fourth-order valence-corrected chi connectivity index (χ4v) is 4.77. The largest absolute Gasteiger partial charge is 0.342 e. The third-order valence-electron chi connectivity index (χ3n) is 6.48. The van der Waals surface area contributed by atoms with Gasteiger partial charge in [0.15, 0.2) is 0 Å². The lowest BCUT2D eigenvalue weighted by Crippen LogP contribution is -2.40. The molecule has 1 aliphatic heterocycles. The van der Waals surface area contributed by atoms with E-state index in [4.69, 9.17) is 4.98 Å². The Bertz CT molecular complexity index is 1200. The number of aryl methyl sites for hydroxylation is 1. The van der Waals surface area contributed by atoms with Crippen LogP contribution in [-0.4, -0.2) is 33.4 Å². The Balaban J connectivity index is 1.23. The standard InChI is InChI=1S/C26H27N3O/c1-19-27-24-11-4-5-12-25(24)29(19)18-20-13-15-28(16-14-20)26(30)17-22-9-6-8-21-7-2-3-10-23(21)22/h2-12,20H,13-18H2,1H3. The smallest absolute Gasteiger partial charge is 0.227 e. The number of imidazole rings is 1. The van der Waals surface area contributed by atoms with Crippen LogP contribution in [0.2, 0.25) is 0 Å². The highest BCUT2D eigenvalue weighted by Crippen LogP contribution is 2.25. The molecule has 0 spiro atoms. The van der Waals surface area contributed by atoms with Gasteiger partial charge < -0.3 is 9.47 Å². The first-order valence-electron chi connectivity index (χ1n) is 10.9. The maximum atomic E-state index is 13.0. The summed E-state index contributed by atoms with van der Waals surface area (Å²) in [6.07, 6.45) is 2.58. The van der Waals surface area contributed by atoms with Crippen molar-refractivity contribution in [3.8, 4) is 0 Å². The topological polar surface area (TPSA) is 38.1 Å². The van der Waals surface area contributed by atoms with Crippen molar-refractivity contribution in [3.05, 3.63) is 78.1 Å². The Morgan fingerprint density at radius 3 is 2.57 bits per heavy atom.